The number of nitrogens with zero attached hydrogens (tertiary/aromatic N) is 1. The molecule has 1 amide bonds. The van der Waals surface area contributed by atoms with Gasteiger partial charge in [-0.1, -0.05) is 0 Å². The summed E-state index contributed by atoms with van der Waals surface area (Å²) < 4.78 is 2.07. The third kappa shape index (κ3) is 3.75. The second kappa shape index (κ2) is 5.56. The molecule has 0 aliphatic heterocycles. The van der Waals surface area contributed by atoms with Crippen LogP contribution in [0.2, 0.25) is 0 Å². The lowest BCUT2D eigenvalue weighted by molar-refractivity contribution is -0.120. The number of rotatable bonds is 5. The van der Waals surface area contributed by atoms with E-state index in [-0.39, 0.29) is 11.9 Å². The Balaban J connectivity index is 2.34. The quantitative estimate of drug-likeness (QED) is 0.761. The van der Waals surface area contributed by atoms with E-state index in [2.05, 4.69) is 9.88 Å². The van der Waals surface area contributed by atoms with Gasteiger partial charge in [0.05, 0.1) is 0 Å². The van der Waals surface area contributed by atoms with Gasteiger partial charge in [0.2, 0.25) is 5.91 Å². The Morgan fingerprint density at radius 1 is 1.67 bits per heavy atom. The van der Waals surface area contributed by atoms with Crippen molar-refractivity contribution in [2.24, 2.45) is 5.73 Å². The van der Waals surface area contributed by atoms with Gasteiger partial charge in [0.25, 0.3) is 0 Å². The van der Waals surface area contributed by atoms with Gasteiger partial charge in [0.15, 0.2) is 0 Å². The highest BCUT2D eigenvalue weighted by molar-refractivity contribution is 5.75. The van der Waals surface area contributed by atoms with Crippen LogP contribution in [0, 0.1) is 0 Å². The molecule has 1 atom stereocenters. The minimum Gasteiger partial charge on any atom is -0.359 e. The summed E-state index contributed by atoms with van der Waals surface area (Å²) in [6.45, 7) is 2.82. The molecule has 0 bridgehead atoms. The molecule has 0 spiro atoms. The van der Waals surface area contributed by atoms with Crippen molar-refractivity contribution in [2.75, 3.05) is 7.05 Å². The molecule has 84 valence electrons. The first-order valence-electron chi connectivity index (χ1n) is 5.25. The Morgan fingerprint density at radius 3 is 2.93 bits per heavy atom. The van der Waals surface area contributed by atoms with Crippen LogP contribution in [0.5, 0.6) is 0 Å². The number of aryl methyl sites for hydroxylation is 1. The van der Waals surface area contributed by atoms with Crippen molar-refractivity contribution >= 4 is 5.91 Å². The average Bonchev–Trinajstić information content (AvgIpc) is 2.66. The van der Waals surface area contributed by atoms with E-state index in [0.717, 1.165) is 18.5 Å². The lowest BCUT2D eigenvalue weighted by Crippen LogP contribution is -2.17. The van der Waals surface area contributed by atoms with Gasteiger partial charge in [-0.15, -0.1) is 0 Å². The number of hydrogen-bond donors (Lipinski definition) is 2. The first-order valence-corrected chi connectivity index (χ1v) is 5.25. The van der Waals surface area contributed by atoms with Gasteiger partial charge in [0, 0.05) is 38.4 Å². The van der Waals surface area contributed by atoms with Crippen molar-refractivity contribution in [3.63, 3.8) is 0 Å². The van der Waals surface area contributed by atoms with Crippen LogP contribution in [0.1, 0.15) is 31.4 Å². The number of carbonyl (C=O) groups is 1. The van der Waals surface area contributed by atoms with Crippen LogP contribution < -0.4 is 11.1 Å². The van der Waals surface area contributed by atoms with E-state index in [9.17, 15) is 4.79 Å². The largest absolute Gasteiger partial charge is 0.359 e. The van der Waals surface area contributed by atoms with Gasteiger partial charge in [0.1, 0.15) is 0 Å². The van der Waals surface area contributed by atoms with Crippen LogP contribution in [0.3, 0.4) is 0 Å². The zero-order chi connectivity index (χ0) is 11.3. The molecule has 0 radical (unpaired) electrons. The van der Waals surface area contributed by atoms with Gasteiger partial charge in [-0.05, 0) is 25.0 Å². The monoisotopic (exact) mass is 209 g/mol. The third-order valence-electron chi connectivity index (χ3n) is 2.40. The molecule has 0 aliphatic carbocycles. The van der Waals surface area contributed by atoms with Gasteiger partial charge in [-0.25, -0.2) is 0 Å². The summed E-state index contributed by atoms with van der Waals surface area (Å²) in [5.41, 5.74) is 6.88. The lowest BCUT2D eigenvalue weighted by atomic mass is 10.2. The first kappa shape index (κ1) is 11.8. The van der Waals surface area contributed by atoms with Crippen molar-refractivity contribution in [1.82, 2.24) is 9.88 Å². The summed E-state index contributed by atoms with van der Waals surface area (Å²) in [6, 6.07) is 2.09. The average molecular weight is 209 g/mol. The summed E-state index contributed by atoms with van der Waals surface area (Å²) in [5.74, 6) is 0.0922. The molecule has 15 heavy (non-hydrogen) atoms. The molecule has 1 heterocycles. The fourth-order valence-corrected chi connectivity index (χ4v) is 1.41. The first-order chi connectivity index (χ1) is 7.13. The molecule has 0 aliphatic rings. The molecule has 4 heteroatoms. The van der Waals surface area contributed by atoms with Crippen LogP contribution in [0.15, 0.2) is 18.5 Å². The van der Waals surface area contributed by atoms with Crippen LogP contribution in [0.4, 0.5) is 0 Å². The molecule has 1 unspecified atom stereocenters. The Morgan fingerprint density at radius 2 is 2.40 bits per heavy atom. The van der Waals surface area contributed by atoms with Crippen LogP contribution in [0.25, 0.3) is 0 Å². The summed E-state index contributed by atoms with van der Waals surface area (Å²) >= 11 is 0. The number of aromatic nitrogens is 1. The molecular formula is C11H19N3O. The van der Waals surface area contributed by atoms with Crippen molar-refractivity contribution in [1.29, 1.82) is 0 Å². The van der Waals surface area contributed by atoms with E-state index in [0.29, 0.717) is 6.42 Å². The standard InChI is InChI=1S/C11H19N3O/c1-9(12)10-5-7-14(8-10)6-3-4-11(15)13-2/h5,7-9H,3-4,6,12H2,1-2H3,(H,13,15). The number of nitrogens with two attached hydrogens (primary N) is 1. The molecule has 0 aromatic carbocycles. The molecule has 1 aromatic rings. The third-order valence-corrected chi connectivity index (χ3v) is 2.40. The second-order valence-electron chi connectivity index (χ2n) is 3.75. The summed E-state index contributed by atoms with van der Waals surface area (Å²) in [5, 5.41) is 2.61. The van der Waals surface area contributed by atoms with Gasteiger partial charge < -0.3 is 15.6 Å². The fourth-order valence-electron chi connectivity index (χ4n) is 1.41. The number of amides is 1. The van der Waals surface area contributed by atoms with E-state index in [1.807, 2.05) is 25.4 Å². The molecule has 0 fully saturated rings. The smallest absolute Gasteiger partial charge is 0.219 e. The molecule has 1 aromatic heterocycles. The van der Waals surface area contributed by atoms with E-state index in [4.69, 9.17) is 5.73 Å². The van der Waals surface area contributed by atoms with Gasteiger partial charge in [-0.2, -0.15) is 0 Å². The van der Waals surface area contributed by atoms with Gasteiger partial charge >= 0.3 is 0 Å². The zero-order valence-corrected chi connectivity index (χ0v) is 9.36. The molecule has 3 N–H and O–H groups in total. The minimum absolute atomic E-state index is 0.0743. The maximum atomic E-state index is 11.0. The topological polar surface area (TPSA) is 60.0 Å². The van der Waals surface area contributed by atoms with Crippen molar-refractivity contribution in [2.45, 2.75) is 32.4 Å². The highest BCUT2D eigenvalue weighted by atomic mass is 16.1. The molecule has 0 saturated carbocycles. The SMILES string of the molecule is CNC(=O)CCCn1ccc(C(C)N)c1. The van der Waals surface area contributed by atoms with Crippen molar-refractivity contribution < 1.29 is 4.79 Å². The maximum absolute atomic E-state index is 11.0. The summed E-state index contributed by atoms with van der Waals surface area (Å²) in [6.07, 6.45) is 5.46. The highest BCUT2D eigenvalue weighted by Crippen LogP contribution is 2.10. The predicted molar refractivity (Wildman–Crippen MR) is 60.3 cm³/mol. The normalized spacial score (nSPS) is 12.5. The molecular weight excluding hydrogens is 190 g/mol. The van der Waals surface area contributed by atoms with Crippen LogP contribution in [-0.2, 0) is 11.3 Å². The fraction of sp³-hybridized carbons (Fsp3) is 0.545. The van der Waals surface area contributed by atoms with E-state index in [1.54, 1.807) is 7.05 Å². The van der Waals surface area contributed by atoms with Crippen molar-refractivity contribution in [3.05, 3.63) is 24.0 Å². The molecule has 0 saturated heterocycles. The zero-order valence-electron chi connectivity index (χ0n) is 9.36. The lowest BCUT2D eigenvalue weighted by Gasteiger charge is -2.03. The van der Waals surface area contributed by atoms with E-state index in [1.165, 1.54) is 0 Å². The van der Waals surface area contributed by atoms with Crippen molar-refractivity contribution in [3.8, 4) is 0 Å². The molecule has 1 rings (SSSR count). The Kier molecular flexibility index (Phi) is 4.37. The summed E-state index contributed by atoms with van der Waals surface area (Å²) in [4.78, 5) is 11.0. The Hall–Kier alpha value is -1.29. The number of hydrogen-bond acceptors (Lipinski definition) is 2. The summed E-state index contributed by atoms with van der Waals surface area (Å²) in [7, 11) is 1.66. The Bertz CT molecular complexity index is 317. The Labute approximate surface area is 90.5 Å². The van der Waals surface area contributed by atoms with E-state index >= 15 is 0 Å². The predicted octanol–water partition coefficient (Wildman–Crippen LogP) is 1.03. The highest BCUT2D eigenvalue weighted by Gasteiger charge is 2.02. The minimum atomic E-state index is 0.0743. The second-order valence-corrected chi connectivity index (χ2v) is 3.75. The van der Waals surface area contributed by atoms with Crippen LogP contribution >= 0.6 is 0 Å². The maximum Gasteiger partial charge on any atom is 0.219 e. The molecule has 4 nitrogen and oxygen atoms in total. The number of carbonyl (C=O) groups excluding carboxylic acids is 1. The number of nitrogens with one attached hydrogen (secondary N) is 1. The van der Waals surface area contributed by atoms with Crippen LogP contribution in [-0.4, -0.2) is 17.5 Å². The van der Waals surface area contributed by atoms with Gasteiger partial charge in [-0.3, -0.25) is 4.79 Å². The van der Waals surface area contributed by atoms with E-state index < -0.39 is 0 Å².